The summed E-state index contributed by atoms with van der Waals surface area (Å²) in [4.78, 5) is 31.0. The van der Waals surface area contributed by atoms with Gasteiger partial charge in [-0.25, -0.2) is 0 Å². The van der Waals surface area contributed by atoms with Crippen LogP contribution in [0.15, 0.2) is 30.5 Å². The third-order valence-electron chi connectivity index (χ3n) is 5.24. The zero-order chi connectivity index (χ0) is 20.8. The molecule has 0 atom stereocenters. The summed E-state index contributed by atoms with van der Waals surface area (Å²) in [5.41, 5.74) is 2.33. The molecule has 3 rings (SSSR count). The van der Waals surface area contributed by atoms with E-state index in [0.717, 1.165) is 38.3 Å². The fourth-order valence-electron chi connectivity index (χ4n) is 3.34. The van der Waals surface area contributed by atoms with Crippen LogP contribution in [0.3, 0.4) is 0 Å². The van der Waals surface area contributed by atoms with Crippen molar-refractivity contribution in [2.24, 2.45) is 0 Å². The predicted octanol–water partition coefficient (Wildman–Crippen LogP) is 1.55. The second kappa shape index (κ2) is 9.62. The van der Waals surface area contributed by atoms with Crippen LogP contribution in [-0.2, 0) is 24.4 Å². The number of nitrogens with one attached hydrogen (secondary N) is 1. The van der Waals surface area contributed by atoms with Gasteiger partial charge in [-0.3, -0.25) is 9.69 Å². The number of carbonyl (C=O) groups excluding carboxylic acids is 1. The largest absolute Gasteiger partial charge is 0.381 e. The number of benzene rings is 1. The van der Waals surface area contributed by atoms with Crippen LogP contribution in [0, 0.1) is 17.0 Å². The number of aryl methyl sites for hydroxylation is 2. The Bertz CT molecular complexity index is 840. The van der Waals surface area contributed by atoms with Crippen LogP contribution in [-0.4, -0.2) is 63.4 Å². The van der Waals surface area contributed by atoms with Gasteiger partial charge in [-0.05, 0) is 28.1 Å². The van der Waals surface area contributed by atoms with Crippen molar-refractivity contribution in [2.45, 2.75) is 33.0 Å². The Kier molecular flexibility index (Phi) is 6.95. The van der Waals surface area contributed by atoms with Gasteiger partial charge in [0.25, 0.3) is 0 Å². The van der Waals surface area contributed by atoms with Crippen molar-refractivity contribution in [3.8, 4) is 0 Å². The Morgan fingerprint density at radius 3 is 2.45 bits per heavy atom. The van der Waals surface area contributed by atoms with Gasteiger partial charge in [0, 0.05) is 59.2 Å². The molecule has 1 aromatic heterocycles. The first-order valence-electron chi connectivity index (χ1n) is 9.84. The molecule has 2 heterocycles. The van der Waals surface area contributed by atoms with Crippen molar-refractivity contribution in [1.29, 1.82) is 0 Å². The fourth-order valence-corrected chi connectivity index (χ4v) is 3.34. The van der Waals surface area contributed by atoms with Crippen LogP contribution in [0.2, 0.25) is 0 Å². The maximum atomic E-state index is 12.1. The number of likely N-dealkylation sites (N-methyl/N-ethyl adjacent to an activating group) is 1. The molecule has 9 nitrogen and oxygen atoms in total. The molecule has 0 radical (unpaired) electrons. The number of rotatable bonds is 8. The topological polar surface area (TPSA) is 96.5 Å². The lowest BCUT2D eigenvalue weighted by Crippen LogP contribution is -2.43. The van der Waals surface area contributed by atoms with Gasteiger partial charge in [0.2, 0.25) is 11.7 Å². The summed E-state index contributed by atoms with van der Waals surface area (Å²) in [6.07, 6.45) is 1.61. The van der Waals surface area contributed by atoms with Crippen LogP contribution in [0.1, 0.15) is 23.4 Å². The van der Waals surface area contributed by atoms with Gasteiger partial charge in [0.15, 0.2) is 0 Å². The van der Waals surface area contributed by atoms with E-state index in [0.29, 0.717) is 18.9 Å². The Balaban J connectivity index is 1.41. The van der Waals surface area contributed by atoms with Gasteiger partial charge in [-0.15, -0.1) is 0 Å². The van der Waals surface area contributed by atoms with Crippen molar-refractivity contribution >= 4 is 11.7 Å². The molecule has 1 fully saturated rings. The molecule has 0 spiro atoms. The van der Waals surface area contributed by atoms with E-state index < -0.39 is 4.92 Å². The normalized spacial score (nSPS) is 15.4. The third-order valence-corrected chi connectivity index (χ3v) is 5.24. The molecule has 1 aliphatic rings. The highest BCUT2D eigenvalue weighted by atomic mass is 16.6. The molecule has 1 aliphatic heterocycles. The van der Waals surface area contributed by atoms with E-state index in [2.05, 4.69) is 51.4 Å². The van der Waals surface area contributed by atoms with Crippen molar-refractivity contribution in [3.05, 3.63) is 57.5 Å². The standard InChI is InChI=1S/C20H28N6O3/c1-16-22-19(26(28)29)15-25(16)8-7-20(27)21-13-17-3-5-18(6-4-17)14-24-11-9-23(2)10-12-24/h3-6,15H,7-14H2,1-2H3,(H,21,27). The van der Waals surface area contributed by atoms with Gasteiger partial charge in [-0.1, -0.05) is 24.3 Å². The van der Waals surface area contributed by atoms with Crippen LogP contribution in [0.4, 0.5) is 5.82 Å². The molecule has 0 aliphatic carbocycles. The summed E-state index contributed by atoms with van der Waals surface area (Å²) in [5.74, 6) is 0.238. The first-order valence-corrected chi connectivity index (χ1v) is 9.84. The van der Waals surface area contributed by atoms with E-state index in [9.17, 15) is 14.9 Å². The third kappa shape index (κ3) is 6.10. The van der Waals surface area contributed by atoms with E-state index in [1.165, 1.54) is 11.8 Å². The van der Waals surface area contributed by atoms with Crippen LogP contribution < -0.4 is 5.32 Å². The lowest BCUT2D eigenvalue weighted by atomic mass is 10.1. The first-order chi connectivity index (χ1) is 13.9. The molecule has 1 saturated heterocycles. The maximum Gasteiger partial charge on any atom is 0.381 e. The number of imidazole rings is 1. The van der Waals surface area contributed by atoms with E-state index in [1.54, 1.807) is 11.5 Å². The quantitative estimate of drug-likeness (QED) is 0.534. The second-order valence-corrected chi connectivity index (χ2v) is 7.52. The number of piperazine rings is 1. The summed E-state index contributed by atoms with van der Waals surface area (Å²) >= 11 is 0. The molecule has 2 aromatic rings. The first kappa shape index (κ1) is 20.9. The molecule has 1 amide bonds. The van der Waals surface area contributed by atoms with Crippen molar-refractivity contribution in [3.63, 3.8) is 0 Å². The maximum absolute atomic E-state index is 12.1. The summed E-state index contributed by atoms with van der Waals surface area (Å²) in [6, 6.07) is 8.34. The molecule has 156 valence electrons. The molecule has 29 heavy (non-hydrogen) atoms. The average molecular weight is 400 g/mol. The highest BCUT2D eigenvalue weighted by molar-refractivity contribution is 5.75. The Morgan fingerprint density at radius 2 is 1.83 bits per heavy atom. The average Bonchev–Trinajstić information content (AvgIpc) is 3.08. The Morgan fingerprint density at radius 1 is 1.17 bits per heavy atom. The molecule has 9 heteroatoms. The molecule has 0 bridgehead atoms. The van der Waals surface area contributed by atoms with E-state index in [1.807, 2.05) is 0 Å². The van der Waals surface area contributed by atoms with E-state index in [-0.39, 0.29) is 18.1 Å². The monoisotopic (exact) mass is 400 g/mol. The van der Waals surface area contributed by atoms with E-state index >= 15 is 0 Å². The van der Waals surface area contributed by atoms with Crippen molar-refractivity contribution in [2.75, 3.05) is 33.2 Å². The molecular weight excluding hydrogens is 372 g/mol. The van der Waals surface area contributed by atoms with Gasteiger partial charge < -0.3 is 24.9 Å². The minimum atomic E-state index is -0.531. The van der Waals surface area contributed by atoms with Crippen LogP contribution >= 0.6 is 0 Å². The Hall–Kier alpha value is -2.78. The summed E-state index contributed by atoms with van der Waals surface area (Å²) in [6.45, 7) is 7.87. The number of hydrogen-bond acceptors (Lipinski definition) is 6. The summed E-state index contributed by atoms with van der Waals surface area (Å²) in [7, 11) is 2.15. The Labute approximate surface area is 170 Å². The summed E-state index contributed by atoms with van der Waals surface area (Å²) in [5, 5.41) is 13.7. The number of carbonyl (C=O) groups is 1. The lowest BCUT2D eigenvalue weighted by molar-refractivity contribution is -0.389. The van der Waals surface area contributed by atoms with E-state index in [4.69, 9.17) is 0 Å². The molecule has 1 aromatic carbocycles. The number of aromatic nitrogens is 2. The number of nitro groups is 1. The number of amides is 1. The minimum Gasteiger partial charge on any atom is -0.358 e. The zero-order valence-corrected chi connectivity index (χ0v) is 17.0. The number of hydrogen-bond donors (Lipinski definition) is 1. The predicted molar refractivity (Wildman–Crippen MR) is 109 cm³/mol. The van der Waals surface area contributed by atoms with Crippen molar-refractivity contribution < 1.29 is 9.72 Å². The molecule has 1 N–H and O–H groups in total. The highest BCUT2D eigenvalue weighted by Crippen LogP contribution is 2.12. The minimum absolute atomic E-state index is 0.0951. The molecule has 0 unspecified atom stereocenters. The summed E-state index contributed by atoms with van der Waals surface area (Å²) < 4.78 is 1.63. The van der Waals surface area contributed by atoms with Gasteiger partial charge >= 0.3 is 5.82 Å². The van der Waals surface area contributed by atoms with Gasteiger partial charge in [-0.2, -0.15) is 0 Å². The molecular formula is C20H28N6O3. The fraction of sp³-hybridized carbons (Fsp3) is 0.500. The SMILES string of the molecule is Cc1nc([N+](=O)[O-])cn1CCC(=O)NCc1ccc(CN2CCN(C)CC2)cc1. The van der Waals surface area contributed by atoms with Crippen LogP contribution in [0.25, 0.3) is 0 Å². The smallest absolute Gasteiger partial charge is 0.358 e. The van der Waals surface area contributed by atoms with Crippen LogP contribution in [0.5, 0.6) is 0 Å². The number of nitrogens with zero attached hydrogens (tertiary/aromatic N) is 5. The molecule has 0 saturated carbocycles. The second-order valence-electron chi connectivity index (χ2n) is 7.52. The van der Waals surface area contributed by atoms with Gasteiger partial charge in [0.05, 0.1) is 0 Å². The van der Waals surface area contributed by atoms with Gasteiger partial charge in [0.1, 0.15) is 6.20 Å². The van der Waals surface area contributed by atoms with Crippen molar-refractivity contribution in [1.82, 2.24) is 24.7 Å². The zero-order valence-electron chi connectivity index (χ0n) is 17.0. The lowest BCUT2D eigenvalue weighted by Gasteiger charge is -2.32. The highest BCUT2D eigenvalue weighted by Gasteiger charge is 2.16.